The summed E-state index contributed by atoms with van der Waals surface area (Å²) in [5.74, 6) is 0.930. The molecule has 0 saturated carbocycles. The van der Waals surface area contributed by atoms with Gasteiger partial charge in [0.1, 0.15) is 0 Å². The van der Waals surface area contributed by atoms with Crippen LogP contribution in [0, 0.1) is 0 Å². The van der Waals surface area contributed by atoms with Crippen LogP contribution in [0.15, 0.2) is 36.8 Å². The van der Waals surface area contributed by atoms with Crippen molar-refractivity contribution in [3.8, 4) is 5.75 Å². The molecule has 2 heterocycles. The van der Waals surface area contributed by atoms with E-state index in [4.69, 9.17) is 10.5 Å². The molecule has 1 aliphatic heterocycles. The minimum atomic E-state index is 0.116. The number of hydrogen-bond donors (Lipinski definition) is 1. The van der Waals surface area contributed by atoms with Crippen molar-refractivity contribution < 1.29 is 4.74 Å². The molecule has 2 aromatic rings. The van der Waals surface area contributed by atoms with Crippen molar-refractivity contribution in [2.45, 2.75) is 6.04 Å². The molecule has 19 heavy (non-hydrogen) atoms. The Morgan fingerprint density at radius 1 is 1.42 bits per heavy atom. The molecule has 0 saturated heterocycles. The van der Waals surface area contributed by atoms with Crippen molar-refractivity contribution in [1.29, 1.82) is 0 Å². The molecule has 0 bridgehead atoms. The average molecular weight is 448 g/mol. The van der Waals surface area contributed by atoms with Crippen LogP contribution >= 0.6 is 0 Å². The number of hydrogen-bond acceptors (Lipinski definition) is 4. The van der Waals surface area contributed by atoms with Crippen molar-refractivity contribution in [3.63, 3.8) is 0 Å². The summed E-state index contributed by atoms with van der Waals surface area (Å²) in [6.45, 7) is 2.09. The van der Waals surface area contributed by atoms with E-state index in [1.807, 2.05) is 24.5 Å². The number of para-hydroxylation sites is 2. The Balaban J connectivity index is 1.97. The summed E-state index contributed by atoms with van der Waals surface area (Å²) in [5, 5.41) is 0. The quantitative estimate of drug-likeness (QED) is 0.705. The minimum absolute atomic E-state index is 0.116. The Morgan fingerprint density at radius 3 is 3.00 bits per heavy atom. The first-order valence-electron chi connectivity index (χ1n) is 6.27. The maximum absolute atomic E-state index is 5.98. The molecule has 1 aromatic heterocycles. The standard InChI is InChI=1S/C13H15N4O.Tl/c14-7-12(10-8-15-9-16-10)17-5-6-18-13-4-2-1-3-11(13)17;/h1-4,8-9,12H,5-7,14H2;/q-1;+1. The summed E-state index contributed by atoms with van der Waals surface area (Å²) in [6.07, 6.45) is 3.98. The number of benzene rings is 1. The van der Waals surface area contributed by atoms with Crippen LogP contribution in [0.2, 0.25) is 0 Å². The Bertz CT molecular complexity index is 571. The van der Waals surface area contributed by atoms with E-state index in [1.54, 1.807) is 0 Å². The summed E-state index contributed by atoms with van der Waals surface area (Å²) in [4.78, 5) is 6.77. The zero-order chi connectivity index (χ0) is 13.2. The Kier molecular flexibility index (Phi) is 3.74. The number of ether oxygens (including phenoxy) is 1. The normalized spacial score (nSPS) is 15.7. The van der Waals surface area contributed by atoms with Crippen molar-refractivity contribution in [3.05, 3.63) is 42.5 Å². The van der Waals surface area contributed by atoms with Gasteiger partial charge in [-0.25, -0.2) is 0 Å². The third-order valence-electron chi connectivity index (χ3n) is 3.33. The molecular weight excluding hydrogens is 433 g/mol. The topological polar surface area (TPSA) is 56.3 Å². The molecule has 3 rings (SSSR count). The van der Waals surface area contributed by atoms with Crippen LogP contribution < -0.4 is 15.4 Å². The monoisotopic (exact) mass is 448 g/mol. The average Bonchev–Trinajstić information content (AvgIpc) is 2.86. The molecule has 0 spiro atoms. The predicted molar refractivity (Wildman–Crippen MR) is 74.5 cm³/mol. The first kappa shape index (κ1) is 12.9. The second-order valence-corrected chi connectivity index (χ2v) is 6.82. The third-order valence-corrected chi connectivity index (χ3v) is 4.42. The molecule has 1 atom stereocenters. The van der Waals surface area contributed by atoms with Crippen molar-refractivity contribution >= 4 is 31.8 Å². The van der Waals surface area contributed by atoms with Gasteiger partial charge < -0.3 is 0 Å². The van der Waals surface area contributed by atoms with E-state index in [9.17, 15) is 0 Å². The first-order valence-corrected chi connectivity index (χ1v) is 8.28. The Morgan fingerprint density at radius 2 is 2.26 bits per heavy atom. The Labute approximate surface area is 128 Å². The molecule has 0 radical (unpaired) electrons. The van der Waals surface area contributed by atoms with E-state index < -0.39 is 0 Å². The fourth-order valence-electron chi connectivity index (χ4n) is 2.45. The van der Waals surface area contributed by atoms with Gasteiger partial charge in [0.05, 0.1) is 0 Å². The maximum atomic E-state index is 5.98. The zero-order valence-electron chi connectivity index (χ0n) is 10.6. The van der Waals surface area contributed by atoms with Crippen LogP contribution in [0.4, 0.5) is 5.69 Å². The van der Waals surface area contributed by atoms with E-state index >= 15 is 0 Å². The number of imidazole rings is 1. The van der Waals surface area contributed by atoms with E-state index in [0.29, 0.717) is 13.2 Å². The van der Waals surface area contributed by atoms with Gasteiger partial charge in [-0.15, -0.1) is 0 Å². The molecule has 5 nitrogen and oxygen atoms in total. The molecule has 0 aliphatic carbocycles. The molecular formula is C13H15N4OTl. The number of nitrogens with two attached hydrogens (primary N) is 1. The molecule has 6 heteroatoms. The zero-order valence-corrected chi connectivity index (χ0v) is 15.1. The van der Waals surface area contributed by atoms with Crippen LogP contribution in [-0.2, 0) is 0 Å². The fraction of sp³-hybridized carbons (Fsp3) is 0.308. The number of aromatic nitrogens is 2. The van der Waals surface area contributed by atoms with Crippen LogP contribution in [0.25, 0.3) is 0 Å². The van der Waals surface area contributed by atoms with Crippen LogP contribution in [0.3, 0.4) is 0 Å². The van der Waals surface area contributed by atoms with E-state index in [2.05, 4.69) is 24.5 Å². The number of anilines is 1. The molecule has 1 aromatic carbocycles. The van der Waals surface area contributed by atoms with Gasteiger partial charge in [0.15, 0.2) is 0 Å². The summed E-state index contributed by atoms with van der Waals surface area (Å²) in [7, 11) is 0. The van der Waals surface area contributed by atoms with Crippen molar-refractivity contribution in [1.82, 2.24) is 7.36 Å². The third kappa shape index (κ3) is 2.48. The number of rotatable bonds is 3. The summed E-state index contributed by atoms with van der Waals surface area (Å²) in [5.41, 5.74) is 8.13. The SMILES string of the molecule is NCC(c1c[n]([Tl])cn1)N1CCOc2ccccc21. The van der Waals surface area contributed by atoms with Crippen molar-refractivity contribution in [2.75, 3.05) is 24.6 Å². The molecule has 96 valence electrons. The molecule has 0 fully saturated rings. The van der Waals surface area contributed by atoms with Crippen molar-refractivity contribution in [2.24, 2.45) is 5.73 Å². The fourth-order valence-corrected chi connectivity index (χ4v) is 3.30. The van der Waals surface area contributed by atoms with E-state index in [1.165, 1.54) is 0 Å². The molecule has 1 unspecified atom stereocenters. The van der Waals surface area contributed by atoms with Crippen LogP contribution in [0.1, 0.15) is 11.7 Å². The number of fused-ring (bicyclic) bond motifs is 1. The van der Waals surface area contributed by atoms with E-state index in [-0.39, 0.29) is 6.04 Å². The Hall–Kier alpha value is -1.09. The van der Waals surface area contributed by atoms with Gasteiger partial charge in [-0.1, -0.05) is 0 Å². The predicted octanol–water partition coefficient (Wildman–Crippen LogP) is 0.713. The molecule has 2 N–H and O–H groups in total. The van der Waals surface area contributed by atoms with Gasteiger partial charge >= 0.3 is 128 Å². The van der Waals surface area contributed by atoms with Crippen LogP contribution in [0.5, 0.6) is 5.75 Å². The van der Waals surface area contributed by atoms with Gasteiger partial charge in [0.25, 0.3) is 0 Å². The van der Waals surface area contributed by atoms with Crippen LogP contribution in [-0.4, -0.2) is 53.1 Å². The molecule has 1 aliphatic rings. The number of nitrogens with zero attached hydrogens (tertiary/aromatic N) is 3. The summed E-state index contributed by atoms with van der Waals surface area (Å²) in [6, 6.07) is 8.22. The van der Waals surface area contributed by atoms with Gasteiger partial charge in [-0.3, -0.25) is 0 Å². The summed E-state index contributed by atoms with van der Waals surface area (Å²) < 4.78 is 7.80. The first-order chi connectivity index (χ1) is 9.29. The summed E-state index contributed by atoms with van der Waals surface area (Å²) >= 11 is 0.738. The second-order valence-electron chi connectivity index (χ2n) is 4.51. The van der Waals surface area contributed by atoms with Gasteiger partial charge in [-0.05, 0) is 0 Å². The second kappa shape index (κ2) is 5.50. The molecule has 0 amide bonds. The van der Waals surface area contributed by atoms with E-state index in [0.717, 1.165) is 49.7 Å². The van der Waals surface area contributed by atoms with Gasteiger partial charge in [0, 0.05) is 0 Å². The van der Waals surface area contributed by atoms with Gasteiger partial charge in [0.2, 0.25) is 0 Å². The van der Waals surface area contributed by atoms with Gasteiger partial charge in [-0.2, -0.15) is 0 Å².